The van der Waals surface area contributed by atoms with Crippen molar-refractivity contribution in [3.63, 3.8) is 0 Å². The zero-order valence-electron chi connectivity index (χ0n) is 9.79. The molecule has 0 fully saturated rings. The molecule has 0 saturated carbocycles. The maximum absolute atomic E-state index is 13.8. The van der Waals surface area contributed by atoms with E-state index in [4.69, 9.17) is 4.74 Å². The van der Waals surface area contributed by atoms with Gasteiger partial charge in [0.25, 0.3) is 0 Å². The highest BCUT2D eigenvalue weighted by Gasteiger charge is 2.24. The van der Waals surface area contributed by atoms with Crippen LogP contribution in [-0.2, 0) is 0 Å². The maximum Gasteiger partial charge on any atom is 0.146 e. The molecule has 0 aromatic heterocycles. The summed E-state index contributed by atoms with van der Waals surface area (Å²) in [5.74, 6) is -0.318. The lowest BCUT2D eigenvalue weighted by Crippen LogP contribution is -2.24. The Hall–Kier alpha value is -1.62. The standard InChI is InChI=1S/C14H10BrF2NO/c15-8-1-3-11(17)10(5-8)14-7-18-12-4-2-9(16)6-13(12)19-14/h1-6,14,18H,7H2. The number of fused-ring (bicyclic) bond motifs is 1. The van der Waals surface area contributed by atoms with E-state index in [0.717, 1.165) is 4.47 Å². The first-order chi connectivity index (χ1) is 9.13. The minimum atomic E-state index is -0.480. The van der Waals surface area contributed by atoms with E-state index < -0.39 is 6.10 Å². The Kier molecular flexibility index (Phi) is 3.14. The van der Waals surface area contributed by atoms with Gasteiger partial charge >= 0.3 is 0 Å². The Morgan fingerprint density at radius 3 is 2.84 bits per heavy atom. The monoisotopic (exact) mass is 325 g/mol. The number of ether oxygens (including phenoxy) is 1. The van der Waals surface area contributed by atoms with Crippen LogP contribution in [0.25, 0.3) is 0 Å². The molecule has 98 valence electrons. The topological polar surface area (TPSA) is 21.3 Å². The molecule has 0 aliphatic carbocycles. The lowest BCUT2D eigenvalue weighted by atomic mass is 10.1. The largest absolute Gasteiger partial charge is 0.481 e. The zero-order valence-corrected chi connectivity index (χ0v) is 11.4. The summed E-state index contributed by atoms with van der Waals surface area (Å²) in [5, 5.41) is 3.11. The Labute approximate surface area is 117 Å². The normalized spacial score (nSPS) is 17.3. The van der Waals surface area contributed by atoms with Crippen LogP contribution in [0.15, 0.2) is 40.9 Å². The quantitative estimate of drug-likeness (QED) is 0.845. The highest BCUT2D eigenvalue weighted by atomic mass is 79.9. The smallest absolute Gasteiger partial charge is 0.146 e. The van der Waals surface area contributed by atoms with Crippen molar-refractivity contribution >= 4 is 21.6 Å². The molecule has 5 heteroatoms. The molecule has 0 radical (unpaired) electrons. The van der Waals surface area contributed by atoms with Crippen LogP contribution in [-0.4, -0.2) is 6.54 Å². The van der Waals surface area contributed by atoms with Crippen molar-refractivity contribution < 1.29 is 13.5 Å². The summed E-state index contributed by atoms with van der Waals surface area (Å²) >= 11 is 3.30. The Balaban J connectivity index is 1.95. The van der Waals surface area contributed by atoms with Gasteiger partial charge in [-0.2, -0.15) is 0 Å². The van der Waals surface area contributed by atoms with E-state index in [1.165, 1.54) is 18.2 Å². The van der Waals surface area contributed by atoms with E-state index >= 15 is 0 Å². The highest BCUT2D eigenvalue weighted by Crippen LogP contribution is 2.35. The number of nitrogens with one attached hydrogen (secondary N) is 1. The Bertz CT molecular complexity index is 633. The second-order valence-corrected chi connectivity index (χ2v) is 5.21. The fraction of sp³-hybridized carbons (Fsp3) is 0.143. The minimum absolute atomic E-state index is 0.338. The van der Waals surface area contributed by atoms with Gasteiger partial charge in [-0.05, 0) is 30.3 Å². The first kappa shape index (κ1) is 12.4. The van der Waals surface area contributed by atoms with Gasteiger partial charge in [-0.3, -0.25) is 0 Å². The number of halogens is 3. The summed E-state index contributed by atoms with van der Waals surface area (Å²) in [4.78, 5) is 0. The van der Waals surface area contributed by atoms with E-state index in [9.17, 15) is 8.78 Å². The molecule has 0 bridgehead atoms. The van der Waals surface area contributed by atoms with E-state index in [-0.39, 0.29) is 11.6 Å². The van der Waals surface area contributed by atoms with Crippen molar-refractivity contribution in [1.82, 2.24) is 0 Å². The van der Waals surface area contributed by atoms with Gasteiger partial charge in [-0.15, -0.1) is 0 Å². The van der Waals surface area contributed by atoms with Crippen molar-refractivity contribution in [2.45, 2.75) is 6.10 Å². The number of benzene rings is 2. The molecular weight excluding hydrogens is 316 g/mol. The maximum atomic E-state index is 13.8. The van der Waals surface area contributed by atoms with Gasteiger partial charge < -0.3 is 10.1 Å². The third-order valence-corrected chi connectivity index (χ3v) is 3.49. The van der Waals surface area contributed by atoms with E-state index in [1.807, 2.05) is 0 Å². The molecule has 1 N–H and O–H groups in total. The molecule has 1 aliphatic heterocycles. The van der Waals surface area contributed by atoms with E-state index in [1.54, 1.807) is 18.2 Å². The molecule has 1 unspecified atom stereocenters. The summed E-state index contributed by atoms with van der Waals surface area (Å²) in [6, 6.07) is 8.94. The summed E-state index contributed by atoms with van der Waals surface area (Å²) < 4.78 is 33.4. The van der Waals surface area contributed by atoms with Crippen molar-refractivity contribution in [2.24, 2.45) is 0 Å². The molecule has 1 heterocycles. The molecule has 0 saturated heterocycles. The molecule has 0 amide bonds. The average Bonchev–Trinajstić information content (AvgIpc) is 2.40. The van der Waals surface area contributed by atoms with Crippen LogP contribution in [0.5, 0.6) is 5.75 Å². The number of hydrogen-bond donors (Lipinski definition) is 1. The van der Waals surface area contributed by atoms with Crippen LogP contribution < -0.4 is 10.1 Å². The third kappa shape index (κ3) is 2.42. The van der Waals surface area contributed by atoms with Crippen LogP contribution >= 0.6 is 15.9 Å². The van der Waals surface area contributed by atoms with Gasteiger partial charge in [0, 0.05) is 16.1 Å². The second-order valence-electron chi connectivity index (χ2n) is 4.29. The SMILES string of the molecule is Fc1ccc2c(c1)OC(c1cc(Br)ccc1F)CN2. The van der Waals surface area contributed by atoms with Crippen molar-refractivity contribution in [1.29, 1.82) is 0 Å². The lowest BCUT2D eigenvalue weighted by Gasteiger charge is -2.28. The number of rotatable bonds is 1. The minimum Gasteiger partial charge on any atom is -0.481 e. The lowest BCUT2D eigenvalue weighted by molar-refractivity contribution is 0.204. The predicted octanol–water partition coefficient (Wildman–Crippen LogP) is 4.27. The molecule has 1 atom stereocenters. The predicted molar refractivity (Wildman–Crippen MR) is 72.4 cm³/mol. The first-order valence-corrected chi connectivity index (χ1v) is 6.58. The molecule has 19 heavy (non-hydrogen) atoms. The molecule has 2 aromatic carbocycles. The van der Waals surface area contributed by atoms with Crippen LogP contribution in [0.4, 0.5) is 14.5 Å². The molecule has 3 rings (SSSR count). The van der Waals surface area contributed by atoms with Gasteiger partial charge in [0.1, 0.15) is 23.5 Å². The van der Waals surface area contributed by atoms with Gasteiger partial charge in [-0.1, -0.05) is 15.9 Å². The Morgan fingerprint density at radius 1 is 1.16 bits per heavy atom. The molecule has 1 aliphatic rings. The first-order valence-electron chi connectivity index (χ1n) is 5.78. The van der Waals surface area contributed by atoms with Gasteiger partial charge in [-0.25, -0.2) is 8.78 Å². The summed E-state index contributed by atoms with van der Waals surface area (Å²) in [7, 11) is 0. The van der Waals surface area contributed by atoms with Crippen LogP contribution in [0.3, 0.4) is 0 Å². The van der Waals surface area contributed by atoms with Crippen molar-refractivity contribution in [2.75, 3.05) is 11.9 Å². The fourth-order valence-corrected chi connectivity index (χ4v) is 2.45. The molecular formula is C14H10BrF2NO. The summed E-state index contributed by atoms with van der Waals surface area (Å²) in [6.07, 6.45) is -0.480. The fourth-order valence-electron chi connectivity index (χ4n) is 2.07. The van der Waals surface area contributed by atoms with E-state index in [0.29, 0.717) is 23.5 Å². The highest BCUT2D eigenvalue weighted by molar-refractivity contribution is 9.10. The Morgan fingerprint density at radius 2 is 2.00 bits per heavy atom. The van der Waals surface area contributed by atoms with Crippen molar-refractivity contribution in [3.8, 4) is 5.75 Å². The zero-order chi connectivity index (χ0) is 13.4. The molecule has 2 nitrogen and oxygen atoms in total. The van der Waals surface area contributed by atoms with Crippen LogP contribution in [0.1, 0.15) is 11.7 Å². The summed E-state index contributed by atoms with van der Waals surface area (Å²) in [5.41, 5.74) is 1.16. The van der Waals surface area contributed by atoms with Crippen molar-refractivity contribution in [3.05, 3.63) is 58.1 Å². The van der Waals surface area contributed by atoms with Crippen LogP contribution in [0, 0.1) is 11.6 Å². The van der Waals surface area contributed by atoms with Gasteiger partial charge in [0.2, 0.25) is 0 Å². The van der Waals surface area contributed by atoms with E-state index in [2.05, 4.69) is 21.2 Å². The third-order valence-electron chi connectivity index (χ3n) is 3.00. The van der Waals surface area contributed by atoms with Gasteiger partial charge in [0.15, 0.2) is 0 Å². The molecule has 2 aromatic rings. The molecule has 0 spiro atoms. The number of anilines is 1. The van der Waals surface area contributed by atoms with Gasteiger partial charge in [0.05, 0.1) is 12.2 Å². The summed E-state index contributed by atoms with van der Waals surface area (Å²) in [6.45, 7) is 0.437. The number of hydrogen-bond acceptors (Lipinski definition) is 2. The van der Waals surface area contributed by atoms with Crippen LogP contribution in [0.2, 0.25) is 0 Å². The average molecular weight is 326 g/mol. The second kappa shape index (κ2) is 4.81.